The molecule has 0 aliphatic carbocycles. The van der Waals surface area contributed by atoms with Gasteiger partial charge in [0.05, 0.1) is 9.95 Å². The molecule has 0 bridgehead atoms. The lowest BCUT2D eigenvalue weighted by Gasteiger charge is -1.99. The predicted molar refractivity (Wildman–Crippen MR) is 56.4 cm³/mol. The fourth-order valence-corrected chi connectivity index (χ4v) is 1.54. The van der Waals surface area contributed by atoms with E-state index in [1.807, 2.05) is 0 Å². The molecule has 1 heterocycles. The molecule has 0 unspecified atom stereocenters. The number of nitro benzene ring substituents is 1. The van der Waals surface area contributed by atoms with Crippen LogP contribution in [0, 0.1) is 10.1 Å². The molecule has 16 heavy (non-hydrogen) atoms. The number of benzene rings is 1. The average molecular weight is 260 g/mol. The van der Waals surface area contributed by atoms with Gasteiger partial charge in [0, 0.05) is 6.07 Å². The van der Waals surface area contributed by atoms with Crippen molar-refractivity contribution in [3.63, 3.8) is 0 Å². The van der Waals surface area contributed by atoms with Crippen LogP contribution in [0.15, 0.2) is 22.6 Å². The third kappa shape index (κ3) is 1.84. The van der Waals surface area contributed by atoms with Gasteiger partial charge in [0.1, 0.15) is 5.56 Å². The van der Waals surface area contributed by atoms with Gasteiger partial charge in [-0.2, -0.15) is 0 Å². The lowest BCUT2D eigenvalue weighted by Crippen LogP contribution is -1.92. The Labute approximate surface area is 99.0 Å². The minimum atomic E-state index is -0.584. The van der Waals surface area contributed by atoms with Crippen molar-refractivity contribution in [2.45, 2.75) is 0 Å². The van der Waals surface area contributed by atoms with Gasteiger partial charge in [-0.15, -0.1) is 5.10 Å². The highest BCUT2D eigenvalue weighted by Gasteiger charge is 2.22. The maximum Gasteiger partial charge on any atom is 0.313 e. The highest BCUT2D eigenvalue weighted by Crippen LogP contribution is 2.35. The van der Waals surface area contributed by atoms with Gasteiger partial charge >= 0.3 is 5.35 Å². The van der Waals surface area contributed by atoms with Crippen molar-refractivity contribution in [3.05, 3.63) is 38.7 Å². The van der Waals surface area contributed by atoms with Crippen LogP contribution in [-0.4, -0.2) is 15.1 Å². The van der Waals surface area contributed by atoms with Crippen molar-refractivity contribution in [2.75, 3.05) is 0 Å². The van der Waals surface area contributed by atoms with Gasteiger partial charge in [0.15, 0.2) is 0 Å². The Morgan fingerprint density at radius 3 is 2.62 bits per heavy atom. The van der Waals surface area contributed by atoms with Crippen molar-refractivity contribution >= 4 is 28.9 Å². The van der Waals surface area contributed by atoms with Gasteiger partial charge in [-0.05, 0) is 17.7 Å². The zero-order valence-electron chi connectivity index (χ0n) is 7.55. The lowest BCUT2D eigenvalue weighted by molar-refractivity contribution is -0.384. The van der Waals surface area contributed by atoms with Crippen LogP contribution in [0.4, 0.5) is 5.69 Å². The molecule has 1 aromatic heterocycles. The van der Waals surface area contributed by atoms with Crippen LogP contribution in [0.2, 0.25) is 10.4 Å². The van der Waals surface area contributed by atoms with Gasteiger partial charge < -0.3 is 4.42 Å². The minimum Gasteiger partial charge on any atom is -0.407 e. The average Bonchev–Trinajstić information content (AvgIpc) is 2.64. The van der Waals surface area contributed by atoms with Crippen LogP contribution in [0.3, 0.4) is 0 Å². The number of aromatic nitrogens is 2. The van der Waals surface area contributed by atoms with Gasteiger partial charge in [-0.3, -0.25) is 10.1 Å². The Hall–Kier alpha value is -1.66. The molecule has 0 saturated heterocycles. The molecular weight excluding hydrogens is 257 g/mol. The predicted octanol–water partition coefficient (Wildman–Crippen LogP) is 2.95. The van der Waals surface area contributed by atoms with Crippen molar-refractivity contribution < 1.29 is 9.34 Å². The van der Waals surface area contributed by atoms with E-state index in [0.717, 1.165) is 0 Å². The van der Waals surface area contributed by atoms with E-state index in [-0.39, 0.29) is 27.5 Å². The first-order valence-electron chi connectivity index (χ1n) is 4.02. The fourth-order valence-electron chi connectivity index (χ4n) is 1.18. The summed E-state index contributed by atoms with van der Waals surface area (Å²) >= 11 is 11.3. The second-order valence-corrected chi connectivity index (χ2v) is 3.48. The number of nitro groups is 1. The van der Waals surface area contributed by atoms with Crippen LogP contribution in [-0.2, 0) is 0 Å². The van der Waals surface area contributed by atoms with Crippen LogP contribution in [0.1, 0.15) is 0 Å². The lowest BCUT2D eigenvalue weighted by atomic mass is 10.2. The normalized spacial score (nSPS) is 10.4. The molecule has 0 saturated carbocycles. The quantitative estimate of drug-likeness (QED) is 0.612. The zero-order chi connectivity index (χ0) is 11.7. The summed E-state index contributed by atoms with van der Waals surface area (Å²) in [4.78, 5) is 10.2. The Bertz CT molecular complexity index is 555. The maximum atomic E-state index is 10.8. The van der Waals surface area contributed by atoms with Gasteiger partial charge in [0.25, 0.3) is 11.6 Å². The van der Waals surface area contributed by atoms with E-state index in [9.17, 15) is 10.1 Å². The molecule has 2 aromatic rings. The summed E-state index contributed by atoms with van der Waals surface area (Å²) in [5, 5.41) is 17.7. The second-order valence-electron chi connectivity index (χ2n) is 2.75. The number of halogens is 2. The van der Waals surface area contributed by atoms with E-state index in [0.29, 0.717) is 0 Å². The standard InChI is InChI=1S/C8H3Cl2N3O3/c9-4-2-1-3-5(13(14)15)6(4)7-11-12-8(10)16-7/h1-3H. The molecular formula is C8H3Cl2N3O3. The Morgan fingerprint density at radius 2 is 2.06 bits per heavy atom. The summed E-state index contributed by atoms with van der Waals surface area (Å²) in [7, 11) is 0. The Morgan fingerprint density at radius 1 is 1.31 bits per heavy atom. The molecule has 0 N–H and O–H groups in total. The van der Waals surface area contributed by atoms with Crippen molar-refractivity contribution in [3.8, 4) is 11.5 Å². The number of nitrogens with zero attached hydrogens (tertiary/aromatic N) is 3. The van der Waals surface area contributed by atoms with E-state index in [1.165, 1.54) is 18.2 Å². The van der Waals surface area contributed by atoms with Crippen LogP contribution in [0.25, 0.3) is 11.5 Å². The topological polar surface area (TPSA) is 82.1 Å². The summed E-state index contributed by atoms with van der Waals surface area (Å²) in [6.07, 6.45) is 0. The van der Waals surface area contributed by atoms with Crippen molar-refractivity contribution in [2.24, 2.45) is 0 Å². The minimum absolute atomic E-state index is 0.0635. The molecule has 2 rings (SSSR count). The summed E-state index contributed by atoms with van der Waals surface area (Å²) in [5.41, 5.74) is -0.151. The van der Waals surface area contributed by atoms with E-state index >= 15 is 0 Å². The van der Waals surface area contributed by atoms with Gasteiger partial charge in [-0.25, -0.2) is 0 Å². The van der Waals surface area contributed by atoms with E-state index in [4.69, 9.17) is 27.6 Å². The fraction of sp³-hybridized carbons (Fsp3) is 0. The van der Waals surface area contributed by atoms with E-state index < -0.39 is 4.92 Å². The molecule has 1 aromatic carbocycles. The molecule has 0 aliphatic heterocycles. The number of rotatable bonds is 2. The van der Waals surface area contributed by atoms with Crippen molar-refractivity contribution in [1.82, 2.24) is 10.2 Å². The number of hydrogen-bond acceptors (Lipinski definition) is 5. The monoisotopic (exact) mass is 259 g/mol. The van der Waals surface area contributed by atoms with E-state index in [2.05, 4.69) is 10.2 Å². The molecule has 82 valence electrons. The summed E-state index contributed by atoms with van der Waals surface area (Å²) in [5.74, 6) is -0.0812. The summed E-state index contributed by atoms with van der Waals surface area (Å²) < 4.78 is 4.90. The molecule has 0 fully saturated rings. The Kier molecular flexibility index (Phi) is 2.76. The summed E-state index contributed by atoms with van der Waals surface area (Å²) in [6, 6.07) is 4.24. The second kappa shape index (κ2) is 4.07. The highest BCUT2D eigenvalue weighted by molar-refractivity contribution is 6.33. The first-order chi connectivity index (χ1) is 7.59. The number of hydrogen-bond donors (Lipinski definition) is 0. The van der Waals surface area contributed by atoms with Crippen LogP contribution in [0.5, 0.6) is 0 Å². The highest BCUT2D eigenvalue weighted by atomic mass is 35.5. The van der Waals surface area contributed by atoms with Gasteiger partial charge in [0.2, 0.25) is 0 Å². The largest absolute Gasteiger partial charge is 0.407 e. The maximum absolute atomic E-state index is 10.8. The smallest absolute Gasteiger partial charge is 0.313 e. The first kappa shape index (κ1) is 10.8. The molecule has 0 aliphatic rings. The SMILES string of the molecule is O=[N+]([O-])c1cccc(Cl)c1-c1nnc(Cl)o1. The molecule has 0 amide bonds. The first-order valence-corrected chi connectivity index (χ1v) is 4.77. The van der Waals surface area contributed by atoms with Gasteiger partial charge in [-0.1, -0.05) is 22.8 Å². The van der Waals surface area contributed by atoms with Crippen LogP contribution >= 0.6 is 23.2 Å². The Balaban J connectivity index is 2.67. The molecule has 0 atom stereocenters. The van der Waals surface area contributed by atoms with Crippen molar-refractivity contribution in [1.29, 1.82) is 0 Å². The third-order valence-corrected chi connectivity index (χ3v) is 2.27. The van der Waals surface area contributed by atoms with Crippen LogP contribution < -0.4 is 0 Å². The molecule has 0 spiro atoms. The third-order valence-electron chi connectivity index (χ3n) is 1.80. The summed E-state index contributed by atoms with van der Waals surface area (Å²) in [6.45, 7) is 0. The zero-order valence-corrected chi connectivity index (χ0v) is 9.07. The molecule has 0 radical (unpaired) electrons. The molecule has 6 nitrogen and oxygen atoms in total. The van der Waals surface area contributed by atoms with E-state index in [1.54, 1.807) is 0 Å². The molecule has 8 heteroatoms.